The summed E-state index contributed by atoms with van der Waals surface area (Å²) in [5, 5.41) is 0. The molecular formula is C6H12INO. The third-order valence-electron chi connectivity index (χ3n) is 1.05. The van der Waals surface area contributed by atoms with Crippen molar-refractivity contribution in [1.29, 1.82) is 0 Å². The average Bonchev–Trinajstić information content (AvgIpc) is 1.82. The third-order valence-corrected chi connectivity index (χ3v) is 2.21. The number of halogens is 1. The Balaban J connectivity index is 3.27. The van der Waals surface area contributed by atoms with Gasteiger partial charge in [0.15, 0.2) is 0 Å². The van der Waals surface area contributed by atoms with Gasteiger partial charge in [-0.15, -0.1) is 0 Å². The van der Waals surface area contributed by atoms with Crippen LogP contribution in [0.25, 0.3) is 0 Å². The van der Waals surface area contributed by atoms with Gasteiger partial charge in [0, 0.05) is 13.5 Å². The molecular weight excluding hydrogens is 229 g/mol. The van der Waals surface area contributed by atoms with Crippen LogP contribution < -0.4 is 0 Å². The van der Waals surface area contributed by atoms with Gasteiger partial charge in [-0.2, -0.15) is 0 Å². The second kappa shape index (κ2) is 5.02. The molecule has 0 unspecified atom stereocenters. The zero-order valence-electron chi connectivity index (χ0n) is 5.85. The first-order valence-electron chi connectivity index (χ1n) is 3.12. The van der Waals surface area contributed by atoms with Gasteiger partial charge in [-0.3, -0.25) is 7.91 Å². The Morgan fingerprint density at radius 1 is 1.67 bits per heavy atom. The van der Waals surface area contributed by atoms with Crippen molar-refractivity contribution >= 4 is 28.8 Å². The average molecular weight is 241 g/mol. The van der Waals surface area contributed by atoms with Crippen molar-refractivity contribution < 1.29 is 4.79 Å². The molecule has 0 spiro atoms. The summed E-state index contributed by atoms with van der Waals surface area (Å²) < 4.78 is 1.71. The van der Waals surface area contributed by atoms with E-state index in [9.17, 15) is 4.79 Å². The second-order valence-electron chi connectivity index (χ2n) is 1.96. The molecule has 0 saturated carbocycles. The van der Waals surface area contributed by atoms with Gasteiger partial charge in [0.05, 0.1) is 22.9 Å². The zero-order chi connectivity index (χ0) is 7.28. The Morgan fingerprint density at radius 3 is 2.56 bits per heavy atom. The summed E-state index contributed by atoms with van der Waals surface area (Å²) in [4.78, 5) is 10.6. The normalized spacial score (nSPS) is 9.22. The van der Waals surface area contributed by atoms with Crippen molar-refractivity contribution in [3.05, 3.63) is 0 Å². The lowest BCUT2D eigenvalue weighted by Crippen LogP contribution is -2.17. The summed E-state index contributed by atoms with van der Waals surface area (Å²) in [5.74, 6) is 0.143. The highest BCUT2D eigenvalue weighted by atomic mass is 127. The van der Waals surface area contributed by atoms with E-state index >= 15 is 0 Å². The van der Waals surface area contributed by atoms with Gasteiger partial charge in [0.1, 0.15) is 0 Å². The van der Waals surface area contributed by atoms with Gasteiger partial charge in [-0.05, 0) is 6.42 Å². The SMILES string of the molecule is CCCCN(I)C(C)=O. The van der Waals surface area contributed by atoms with E-state index in [4.69, 9.17) is 0 Å². The number of nitrogens with zero attached hydrogens (tertiary/aromatic N) is 1. The van der Waals surface area contributed by atoms with Crippen LogP contribution in [0, 0.1) is 0 Å². The molecule has 54 valence electrons. The quantitative estimate of drug-likeness (QED) is 0.546. The molecule has 0 saturated heterocycles. The number of amides is 1. The van der Waals surface area contributed by atoms with Gasteiger partial charge in [-0.25, -0.2) is 0 Å². The third kappa shape index (κ3) is 4.69. The number of carbonyl (C=O) groups excluding carboxylic acids is 1. The molecule has 0 aromatic rings. The maximum Gasteiger partial charge on any atom is 0.228 e. The monoisotopic (exact) mass is 241 g/mol. The van der Waals surface area contributed by atoms with Crippen LogP contribution in [0.1, 0.15) is 26.7 Å². The van der Waals surface area contributed by atoms with Gasteiger partial charge in [0.2, 0.25) is 5.91 Å². The summed E-state index contributed by atoms with van der Waals surface area (Å²) in [5.41, 5.74) is 0. The molecule has 0 aliphatic rings. The summed E-state index contributed by atoms with van der Waals surface area (Å²) in [7, 11) is 0. The van der Waals surface area contributed by atoms with Crippen LogP contribution in [0.2, 0.25) is 0 Å². The molecule has 0 fully saturated rings. The number of hydrogen-bond donors (Lipinski definition) is 0. The minimum Gasteiger partial charge on any atom is -0.285 e. The molecule has 3 heteroatoms. The predicted molar refractivity (Wildman–Crippen MR) is 46.3 cm³/mol. The molecule has 0 aliphatic carbocycles. The van der Waals surface area contributed by atoms with Crippen molar-refractivity contribution in [2.24, 2.45) is 0 Å². The maximum absolute atomic E-state index is 10.6. The minimum atomic E-state index is 0.143. The molecule has 0 bridgehead atoms. The molecule has 0 aliphatic heterocycles. The Morgan fingerprint density at radius 2 is 2.22 bits per heavy atom. The molecule has 0 heterocycles. The van der Waals surface area contributed by atoms with E-state index in [-0.39, 0.29) is 5.91 Å². The summed E-state index contributed by atoms with van der Waals surface area (Å²) in [6.07, 6.45) is 2.25. The van der Waals surface area contributed by atoms with Crippen molar-refractivity contribution in [2.75, 3.05) is 6.54 Å². The Labute approximate surface area is 70.1 Å². The maximum atomic E-state index is 10.6. The van der Waals surface area contributed by atoms with E-state index in [1.807, 2.05) is 22.9 Å². The number of hydrogen-bond acceptors (Lipinski definition) is 1. The topological polar surface area (TPSA) is 20.3 Å². The molecule has 0 radical (unpaired) electrons. The van der Waals surface area contributed by atoms with Crippen LogP contribution >= 0.6 is 22.9 Å². The molecule has 2 nitrogen and oxygen atoms in total. The van der Waals surface area contributed by atoms with Crippen LogP contribution in [-0.2, 0) is 4.79 Å². The van der Waals surface area contributed by atoms with Crippen LogP contribution in [0.5, 0.6) is 0 Å². The highest BCUT2D eigenvalue weighted by Crippen LogP contribution is 2.01. The molecule has 0 rings (SSSR count). The summed E-state index contributed by atoms with van der Waals surface area (Å²) in [6, 6.07) is 0. The molecule has 9 heavy (non-hydrogen) atoms. The van der Waals surface area contributed by atoms with Crippen LogP contribution in [0.15, 0.2) is 0 Å². The fraction of sp³-hybridized carbons (Fsp3) is 0.833. The zero-order valence-corrected chi connectivity index (χ0v) is 8.01. The van der Waals surface area contributed by atoms with Crippen LogP contribution in [-0.4, -0.2) is 15.6 Å². The number of unbranched alkanes of at least 4 members (excludes halogenated alkanes) is 1. The van der Waals surface area contributed by atoms with E-state index in [1.165, 1.54) is 0 Å². The van der Waals surface area contributed by atoms with E-state index in [1.54, 1.807) is 10.0 Å². The fourth-order valence-electron chi connectivity index (χ4n) is 0.454. The Kier molecular flexibility index (Phi) is 5.13. The van der Waals surface area contributed by atoms with Crippen molar-refractivity contribution in [3.8, 4) is 0 Å². The molecule has 0 aromatic carbocycles. The summed E-state index contributed by atoms with van der Waals surface area (Å²) in [6.45, 7) is 4.58. The smallest absolute Gasteiger partial charge is 0.228 e. The van der Waals surface area contributed by atoms with E-state index in [0.29, 0.717) is 0 Å². The highest BCUT2D eigenvalue weighted by molar-refractivity contribution is 14.1. The van der Waals surface area contributed by atoms with Crippen molar-refractivity contribution in [3.63, 3.8) is 0 Å². The van der Waals surface area contributed by atoms with E-state index in [0.717, 1.165) is 19.4 Å². The van der Waals surface area contributed by atoms with Crippen LogP contribution in [0.3, 0.4) is 0 Å². The Bertz CT molecular complexity index is 95.1. The lowest BCUT2D eigenvalue weighted by molar-refractivity contribution is -0.122. The fourth-order valence-corrected chi connectivity index (χ4v) is 0.796. The van der Waals surface area contributed by atoms with Crippen molar-refractivity contribution in [2.45, 2.75) is 26.7 Å². The summed E-state index contributed by atoms with van der Waals surface area (Å²) >= 11 is 2.04. The first kappa shape index (κ1) is 9.20. The lowest BCUT2D eigenvalue weighted by atomic mass is 10.3. The number of rotatable bonds is 3. The predicted octanol–water partition coefficient (Wildman–Crippen LogP) is 1.99. The van der Waals surface area contributed by atoms with Gasteiger partial charge < -0.3 is 0 Å². The standard InChI is InChI=1S/C6H12INO/c1-3-4-5-8(7)6(2)9/h3-5H2,1-2H3. The van der Waals surface area contributed by atoms with E-state index < -0.39 is 0 Å². The first-order valence-corrected chi connectivity index (χ1v) is 4.08. The minimum absolute atomic E-state index is 0.143. The van der Waals surface area contributed by atoms with Crippen molar-refractivity contribution in [1.82, 2.24) is 3.11 Å². The molecule has 0 atom stereocenters. The number of carbonyl (C=O) groups is 1. The van der Waals surface area contributed by atoms with Crippen LogP contribution in [0.4, 0.5) is 0 Å². The second-order valence-corrected chi connectivity index (χ2v) is 3.12. The largest absolute Gasteiger partial charge is 0.285 e. The van der Waals surface area contributed by atoms with E-state index in [2.05, 4.69) is 6.92 Å². The molecule has 0 aromatic heterocycles. The van der Waals surface area contributed by atoms with Gasteiger partial charge in [0.25, 0.3) is 0 Å². The van der Waals surface area contributed by atoms with Gasteiger partial charge in [-0.1, -0.05) is 13.3 Å². The lowest BCUT2D eigenvalue weighted by Gasteiger charge is -2.09. The van der Waals surface area contributed by atoms with Gasteiger partial charge >= 0.3 is 0 Å². The first-order chi connectivity index (χ1) is 4.18. The molecule has 0 N–H and O–H groups in total. The highest BCUT2D eigenvalue weighted by Gasteiger charge is 2.00. The molecule has 1 amide bonds. The Hall–Kier alpha value is 0.200.